The third-order valence-electron chi connectivity index (χ3n) is 4.76. The van der Waals surface area contributed by atoms with Crippen LogP contribution in [-0.4, -0.2) is 14.3 Å². The summed E-state index contributed by atoms with van der Waals surface area (Å²) in [5.74, 6) is 0. The minimum atomic E-state index is -0.432. The zero-order chi connectivity index (χ0) is 19.0. The van der Waals surface area contributed by atoms with E-state index in [4.69, 9.17) is 4.74 Å². The molecule has 1 N–H and O–H groups in total. The zero-order valence-electron chi connectivity index (χ0n) is 14.6. The summed E-state index contributed by atoms with van der Waals surface area (Å²) in [6.07, 6.45) is 3.60. The maximum atomic E-state index is 12.4. The number of hydrogen-bond donors (Lipinski definition) is 1. The molecule has 0 unspecified atom stereocenters. The van der Waals surface area contributed by atoms with Crippen LogP contribution < -0.4 is 11.4 Å². The summed E-state index contributed by atoms with van der Waals surface area (Å²) in [5.41, 5.74) is 2.17. The fourth-order valence-electron chi connectivity index (χ4n) is 3.28. The Hall–Kier alpha value is -2.64. The summed E-state index contributed by atoms with van der Waals surface area (Å²) in [6.45, 7) is 0.456. The van der Waals surface area contributed by atoms with E-state index in [0.29, 0.717) is 6.61 Å². The van der Waals surface area contributed by atoms with Crippen LogP contribution in [0.25, 0.3) is 0 Å². The second kappa shape index (κ2) is 7.17. The molecule has 1 aliphatic rings. The number of allylic oxidation sites excluding steroid dienone is 1. The first kappa shape index (κ1) is 17.8. The summed E-state index contributed by atoms with van der Waals surface area (Å²) in [4.78, 5) is 24.2. The Morgan fingerprint density at radius 1 is 1.04 bits per heavy atom. The van der Waals surface area contributed by atoms with Crippen LogP contribution in [0.3, 0.4) is 0 Å². The van der Waals surface area contributed by atoms with E-state index in [1.807, 2.05) is 60.7 Å². The number of nitrogens with one attached hydrogen (secondary N) is 1. The van der Waals surface area contributed by atoms with Gasteiger partial charge in [0.05, 0.1) is 12.6 Å². The van der Waals surface area contributed by atoms with Crippen molar-refractivity contribution in [2.45, 2.75) is 18.8 Å². The van der Waals surface area contributed by atoms with E-state index >= 15 is 0 Å². The Morgan fingerprint density at radius 2 is 1.74 bits per heavy atom. The fraction of sp³-hybridized carbons (Fsp3) is 0.200. The lowest BCUT2D eigenvalue weighted by molar-refractivity contribution is 0.0688. The fourth-order valence-corrected chi connectivity index (χ4v) is 3.68. The van der Waals surface area contributed by atoms with Crippen LogP contribution in [0.15, 0.2) is 74.7 Å². The number of halogens is 1. The van der Waals surface area contributed by atoms with Crippen LogP contribution in [0.5, 0.6) is 0 Å². The number of hydrogen-bond acceptors (Lipinski definition) is 3. The minimum absolute atomic E-state index is 0.226. The van der Waals surface area contributed by atoms with E-state index in [1.54, 1.807) is 0 Å². The zero-order valence-corrected chi connectivity index (χ0v) is 16.2. The van der Waals surface area contributed by atoms with Gasteiger partial charge in [-0.1, -0.05) is 70.5 Å². The monoisotopic (exact) mass is 427 g/mol. The van der Waals surface area contributed by atoms with Gasteiger partial charge in [0.1, 0.15) is 6.10 Å². The van der Waals surface area contributed by atoms with Crippen molar-refractivity contribution < 1.29 is 4.74 Å². The van der Waals surface area contributed by atoms with E-state index in [-0.39, 0.29) is 17.8 Å². The molecule has 2 aromatic carbocycles. The minimum Gasteiger partial charge on any atom is -0.365 e. The van der Waals surface area contributed by atoms with Crippen molar-refractivity contribution in [2.75, 3.05) is 0 Å². The van der Waals surface area contributed by atoms with Gasteiger partial charge in [-0.2, -0.15) is 0 Å². The van der Waals surface area contributed by atoms with Crippen molar-refractivity contribution in [3.8, 4) is 0 Å². The van der Waals surface area contributed by atoms with Gasteiger partial charge in [-0.3, -0.25) is 0 Å². The average molecular weight is 428 g/mol. The first-order valence-corrected chi connectivity index (χ1v) is 9.35. The van der Waals surface area contributed by atoms with Crippen molar-refractivity contribution >= 4 is 15.9 Å². The lowest BCUT2D eigenvalue weighted by atomic mass is 9.91. The Bertz CT molecular complexity index is 1130. The topological polar surface area (TPSA) is 69.0 Å². The molecule has 27 heavy (non-hydrogen) atoms. The number of ether oxygens (including phenoxy) is 1. The molecule has 1 aliphatic carbocycles. The molecule has 0 radical (unpaired) electrons. The maximum Gasteiger partial charge on any atom is 0.347 e. The molecular formula is C20H18BrN3O3. The highest BCUT2D eigenvalue weighted by atomic mass is 79.9. The summed E-state index contributed by atoms with van der Waals surface area (Å²) in [7, 11) is 1.46. The molecule has 138 valence electrons. The molecule has 2 atom stereocenters. The molecule has 0 saturated heterocycles. The van der Waals surface area contributed by atoms with E-state index in [0.717, 1.165) is 25.7 Å². The van der Waals surface area contributed by atoms with Gasteiger partial charge in [-0.15, -0.1) is 0 Å². The maximum absolute atomic E-state index is 12.4. The standard InChI is InChI=1S/C20H18BrN3O3/c1-23-19(25)22-24(20(23)26)17-10-11-18(15-8-4-3-7-14(15)17)27-12-13-6-2-5-9-16(13)21/h2-11,17-18H,12H2,1H3,(H,22,25)/t17-,18+/m1/s1. The molecule has 0 amide bonds. The molecule has 7 heteroatoms. The Kier molecular flexibility index (Phi) is 4.72. The first-order valence-electron chi connectivity index (χ1n) is 8.56. The molecule has 1 aromatic heterocycles. The highest BCUT2D eigenvalue weighted by Gasteiger charge is 2.26. The molecule has 0 saturated carbocycles. The molecular weight excluding hydrogens is 410 g/mol. The summed E-state index contributed by atoms with van der Waals surface area (Å²) >= 11 is 3.54. The first-order chi connectivity index (χ1) is 13.1. The van der Waals surface area contributed by atoms with Crippen molar-refractivity contribution in [2.24, 2.45) is 7.05 Å². The van der Waals surface area contributed by atoms with Gasteiger partial charge >= 0.3 is 11.4 Å². The predicted molar refractivity (Wildman–Crippen MR) is 106 cm³/mol. The molecule has 1 heterocycles. The van der Waals surface area contributed by atoms with Gasteiger partial charge in [0.25, 0.3) is 0 Å². The van der Waals surface area contributed by atoms with Crippen LogP contribution in [0.4, 0.5) is 0 Å². The molecule has 0 spiro atoms. The number of aromatic nitrogens is 3. The normalized spacial score (nSPS) is 18.4. The number of rotatable bonds is 4. The number of H-pyrrole nitrogens is 1. The largest absolute Gasteiger partial charge is 0.365 e. The lowest BCUT2D eigenvalue weighted by Gasteiger charge is -2.27. The number of aromatic amines is 1. The van der Waals surface area contributed by atoms with E-state index in [1.165, 1.54) is 11.7 Å². The molecule has 0 aliphatic heterocycles. The summed E-state index contributed by atoms with van der Waals surface area (Å²) in [6, 6.07) is 15.4. The molecule has 0 bridgehead atoms. The predicted octanol–water partition coefficient (Wildman–Crippen LogP) is 3.05. The van der Waals surface area contributed by atoms with Crippen molar-refractivity contribution in [3.05, 3.63) is 103 Å². The highest BCUT2D eigenvalue weighted by Crippen LogP contribution is 2.35. The van der Waals surface area contributed by atoms with Crippen LogP contribution in [-0.2, 0) is 18.4 Å². The second-order valence-corrected chi connectivity index (χ2v) is 7.26. The van der Waals surface area contributed by atoms with Crippen LogP contribution in [0.2, 0.25) is 0 Å². The van der Waals surface area contributed by atoms with Crippen LogP contribution in [0, 0.1) is 0 Å². The van der Waals surface area contributed by atoms with E-state index in [9.17, 15) is 9.59 Å². The highest BCUT2D eigenvalue weighted by molar-refractivity contribution is 9.10. The summed E-state index contributed by atoms with van der Waals surface area (Å²) < 4.78 is 9.55. The van der Waals surface area contributed by atoms with Gasteiger partial charge in [0, 0.05) is 11.5 Å². The van der Waals surface area contributed by atoms with Gasteiger partial charge in [-0.05, 0) is 22.8 Å². The van der Waals surface area contributed by atoms with Crippen molar-refractivity contribution in [3.63, 3.8) is 0 Å². The van der Waals surface area contributed by atoms with Crippen molar-refractivity contribution in [1.82, 2.24) is 14.3 Å². The van der Waals surface area contributed by atoms with Gasteiger partial charge in [-0.25, -0.2) is 23.9 Å². The quantitative estimate of drug-likeness (QED) is 0.650. The Labute approximate surface area is 163 Å². The van der Waals surface area contributed by atoms with E-state index in [2.05, 4.69) is 21.0 Å². The molecule has 3 aromatic rings. The molecule has 0 fully saturated rings. The SMILES string of the molecule is Cn1c(=O)[nH]n([C@@H]2C=C[C@H](OCc3ccccc3Br)c3ccccc32)c1=O. The molecule has 6 nitrogen and oxygen atoms in total. The molecule has 4 rings (SSSR count). The number of fused-ring (bicyclic) bond motifs is 1. The van der Waals surface area contributed by atoms with Gasteiger partial charge < -0.3 is 4.74 Å². The number of benzene rings is 2. The average Bonchev–Trinajstić information content (AvgIpc) is 2.94. The Balaban J connectivity index is 1.66. The second-order valence-electron chi connectivity index (χ2n) is 6.41. The van der Waals surface area contributed by atoms with Crippen LogP contribution in [0.1, 0.15) is 28.8 Å². The smallest absolute Gasteiger partial charge is 0.347 e. The number of nitrogens with zero attached hydrogens (tertiary/aromatic N) is 2. The van der Waals surface area contributed by atoms with Crippen LogP contribution >= 0.6 is 15.9 Å². The van der Waals surface area contributed by atoms with Crippen molar-refractivity contribution in [1.29, 1.82) is 0 Å². The Morgan fingerprint density at radius 3 is 2.44 bits per heavy atom. The lowest BCUT2D eigenvalue weighted by Crippen LogP contribution is -2.29. The van der Waals surface area contributed by atoms with Gasteiger partial charge in [0.2, 0.25) is 0 Å². The summed E-state index contributed by atoms with van der Waals surface area (Å²) in [5, 5.41) is 2.62. The third kappa shape index (κ3) is 3.24. The van der Waals surface area contributed by atoms with E-state index < -0.39 is 5.69 Å². The van der Waals surface area contributed by atoms with Gasteiger partial charge in [0.15, 0.2) is 0 Å². The third-order valence-corrected chi connectivity index (χ3v) is 5.53.